The van der Waals surface area contributed by atoms with Crippen LogP contribution in [0.5, 0.6) is 5.75 Å². The largest absolute Gasteiger partial charge is 0.487 e. The van der Waals surface area contributed by atoms with Gasteiger partial charge in [0.1, 0.15) is 29.0 Å². The summed E-state index contributed by atoms with van der Waals surface area (Å²) >= 11 is 3.40. The smallest absolute Gasteiger partial charge is 0.338 e. The minimum absolute atomic E-state index is 0.191. The average molecular weight is 1090 g/mol. The summed E-state index contributed by atoms with van der Waals surface area (Å²) in [5.74, 6) is 0.617. The number of hydrogen-bond acceptors (Lipinski definition) is 7. The molecule has 0 atom stereocenters. The molecule has 0 amide bonds. The third-order valence-corrected chi connectivity index (χ3v) is 14.2. The van der Waals surface area contributed by atoms with Crippen molar-refractivity contribution in [1.29, 1.82) is 0 Å². The van der Waals surface area contributed by atoms with E-state index in [4.69, 9.17) is 14.2 Å². The van der Waals surface area contributed by atoms with E-state index in [0.29, 0.717) is 25.3 Å². The van der Waals surface area contributed by atoms with Crippen molar-refractivity contribution < 1.29 is 42.1 Å². The summed E-state index contributed by atoms with van der Waals surface area (Å²) in [5.41, 5.74) is 13.4. The number of halogens is 1. The summed E-state index contributed by atoms with van der Waals surface area (Å²) in [5, 5.41) is 8.82. The van der Waals surface area contributed by atoms with Gasteiger partial charge in [0, 0.05) is 77.3 Å². The summed E-state index contributed by atoms with van der Waals surface area (Å²) < 4.78 is 27.9. The molecule has 76 heavy (non-hydrogen) atoms. The van der Waals surface area contributed by atoms with Gasteiger partial charge in [0.25, 0.3) is 0 Å². The minimum atomic E-state index is -0.751. The number of rotatable bonds is 16. The fraction of sp³-hybridized carbons (Fsp3) is 0.333. The SMILES string of the molecule is CC(C)c1cc(COC(=O)C(C)(C)Br)cc(C(C)C)c1OCc1cn(CCCCCCOC(=O)c2cc3ccc2C[n+]2ccc(cc2)-c2cc[n+](cc2)Cc2ccc(cc2)C[n+]2ccc(cc2)-c2cc[n+](cc2)C3)nn1. The van der Waals surface area contributed by atoms with Crippen LogP contribution in [-0.4, -0.2) is 37.9 Å². The molecule has 8 aromatic rings. The van der Waals surface area contributed by atoms with Crippen molar-refractivity contribution in [2.45, 2.75) is 129 Å². The topological polar surface area (TPSA) is 108 Å². The van der Waals surface area contributed by atoms with Gasteiger partial charge in [0.2, 0.25) is 0 Å². The van der Waals surface area contributed by atoms with Gasteiger partial charge in [0.05, 0.1) is 18.4 Å². The lowest BCUT2D eigenvalue weighted by molar-refractivity contribution is -0.689. The van der Waals surface area contributed by atoms with Gasteiger partial charge in [-0.2, -0.15) is 0 Å². The van der Waals surface area contributed by atoms with Crippen molar-refractivity contribution in [2.75, 3.05) is 6.61 Å². The second kappa shape index (κ2) is 24.5. The van der Waals surface area contributed by atoms with Gasteiger partial charge in [0.15, 0.2) is 75.8 Å². The van der Waals surface area contributed by atoms with Gasteiger partial charge in [-0.15, -0.1) is 5.10 Å². The Hall–Kier alpha value is -7.38. The number of esters is 2. The molecule has 16 aliphatic heterocycles. The van der Waals surface area contributed by atoms with Gasteiger partial charge in [-0.3, -0.25) is 9.48 Å². The number of alkyl halides is 1. The van der Waals surface area contributed by atoms with Gasteiger partial charge in [-0.1, -0.05) is 91.7 Å². The van der Waals surface area contributed by atoms with Gasteiger partial charge in [-0.25, -0.2) is 23.1 Å². The van der Waals surface area contributed by atoms with E-state index in [9.17, 15) is 9.59 Å². The highest BCUT2D eigenvalue weighted by Gasteiger charge is 2.26. The molecule has 390 valence electrons. The Bertz CT molecular complexity index is 3210. The van der Waals surface area contributed by atoms with Crippen LogP contribution in [-0.2, 0) is 60.2 Å². The number of carbonyl (C=O) groups is 2. The normalized spacial score (nSPS) is 12.4. The number of carbonyl (C=O) groups excluding carboxylic acids is 2. The molecule has 0 N–H and O–H groups in total. The first kappa shape index (κ1) is 53.4. The first-order chi connectivity index (χ1) is 36.7. The monoisotopic (exact) mass is 1080 g/mol. The van der Waals surface area contributed by atoms with Crippen molar-refractivity contribution in [3.63, 3.8) is 0 Å². The van der Waals surface area contributed by atoms with Crippen LogP contribution < -0.4 is 23.0 Å². The second-order valence-corrected chi connectivity index (χ2v) is 23.1. The molecule has 12 bridgehead atoms. The van der Waals surface area contributed by atoms with E-state index in [1.165, 1.54) is 11.1 Å². The standard InChI is InChI=1S/C63H70BrN7O5/c1-45(2)57-36-50(43-76-62(73)63(5,6)64)37-58(46(3)4)60(57)75-44-56-42-71(66-65-56)25-9-7-8-10-34-74-61(72)59-35-49-15-16-55(59)41-70-32-23-54(24-33-70)52-19-28-68(29-20-52)39-48-13-11-47(12-14-48)38-67-26-17-51(18-27-67)53-21-30-69(40-49)31-22-53/h11-24,26-33,35-37,42,45-46H,7-10,25,34,38-41,43-44H2,1-6H3/q+4. The number of aryl methyl sites for hydroxylation is 1. The van der Waals surface area contributed by atoms with Crippen molar-refractivity contribution in [2.24, 2.45) is 0 Å². The van der Waals surface area contributed by atoms with E-state index < -0.39 is 4.32 Å². The summed E-state index contributed by atoms with van der Waals surface area (Å²) in [6.45, 7) is 16.4. The highest BCUT2D eigenvalue weighted by atomic mass is 79.9. The molecule has 0 spiro atoms. The van der Waals surface area contributed by atoms with E-state index in [1.54, 1.807) is 13.8 Å². The molecule has 0 saturated heterocycles. The van der Waals surface area contributed by atoms with Crippen molar-refractivity contribution in [3.8, 4) is 28.0 Å². The van der Waals surface area contributed by atoms with Gasteiger partial charge < -0.3 is 14.2 Å². The number of unbranched alkanes of at least 4 members (excludes halogenated alkanes) is 3. The molecule has 0 unspecified atom stereocenters. The fourth-order valence-corrected chi connectivity index (χ4v) is 9.56. The van der Waals surface area contributed by atoms with Crippen molar-refractivity contribution >= 4 is 27.9 Å². The maximum Gasteiger partial charge on any atom is 0.338 e. The maximum absolute atomic E-state index is 14.0. The lowest BCUT2D eigenvalue weighted by Crippen LogP contribution is -2.35. The molecule has 5 aromatic heterocycles. The van der Waals surface area contributed by atoms with E-state index in [2.05, 4.69) is 219 Å². The molecule has 0 fully saturated rings. The Balaban J connectivity index is 0.810. The molecule has 12 nitrogen and oxygen atoms in total. The average Bonchev–Trinajstić information content (AvgIpc) is 3.88. The summed E-state index contributed by atoms with van der Waals surface area (Å²) in [6.07, 6.45) is 22.4. The van der Waals surface area contributed by atoms with Crippen LogP contribution >= 0.6 is 15.9 Å². The number of nitrogens with zero attached hydrogens (tertiary/aromatic N) is 7. The predicted octanol–water partition coefficient (Wildman–Crippen LogP) is 10.7. The van der Waals surface area contributed by atoms with Gasteiger partial charge in [-0.05, 0) is 102 Å². The van der Waals surface area contributed by atoms with Crippen LogP contribution in [0.1, 0.15) is 134 Å². The second-order valence-electron chi connectivity index (χ2n) is 21.1. The van der Waals surface area contributed by atoms with Crippen molar-refractivity contribution in [3.05, 3.63) is 209 Å². The zero-order valence-electron chi connectivity index (χ0n) is 44.7. The molecule has 0 radical (unpaired) electrons. The molecule has 24 rings (SSSR count). The number of ether oxygens (including phenoxy) is 3. The van der Waals surface area contributed by atoms with E-state index in [0.717, 1.165) is 107 Å². The number of hydrogen-bond donors (Lipinski definition) is 0. The molecule has 3 aromatic carbocycles. The quantitative estimate of drug-likeness (QED) is 0.0410. The Morgan fingerprint density at radius 2 is 1.07 bits per heavy atom. The summed E-state index contributed by atoms with van der Waals surface area (Å²) in [4.78, 5) is 26.5. The molecule has 13 heteroatoms. The predicted molar refractivity (Wildman–Crippen MR) is 294 cm³/mol. The molecular weight excluding hydrogens is 1010 g/mol. The molecular formula is C63H70BrN7O5+4. The fourth-order valence-electron chi connectivity index (χ4n) is 9.45. The van der Waals surface area contributed by atoms with E-state index >= 15 is 0 Å². The Kier molecular flexibility index (Phi) is 17.2. The van der Waals surface area contributed by atoms with Crippen LogP contribution in [0.3, 0.4) is 0 Å². The third-order valence-electron chi connectivity index (χ3n) is 13.9. The lowest BCUT2D eigenvalue weighted by atomic mass is 9.91. The Morgan fingerprint density at radius 1 is 0.592 bits per heavy atom. The van der Waals surface area contributed by atoms with Crippen LogP contribution in [0, 0.1) is 0 Å². The van der Waals surface area contributed by atoms with Crippen LogP contribution in [0.2, 0.25) is 0 Å². The van der Waals surface area contributed by atoms with Crippen molar-refractivity contribution in [1.82, 2.24) is 15.0 Å². The number of pyridine rings is 4. The third kappa shape index (κ3) is 14.1. The first-order valence-corrected chi connectivity index (χ1v) is 27.4. The highest BCUT2D eigenvalue weighted by Crippen LogP contribution is 2.37. The van der Waals surface area contributed by atoms with E-state index in [1.807, 2.05) is 16.9 Å². The van der Waals surface area contributed by atoms with Gasteiger partial charge >= 0.3 is 11.9 Å². The van der Waals surface area contributed by atoms with Crippen LogP contribution in [0.25, 0.3) is 22.3 Å². The Labute approximate surface area is 455 Å². The lowest BCUT2D eigenvalue weighted by Gasteiger charge is -2.22. The number of benzene rings is 3. The first-order valence-electron chi connectivity index (χ1n) is 26.6. The van der Waals surface area contributed by atoms with Crippen LogP contribution in [0.4, 0.5) is 0 Å². The maximum atomic E-state index is 14.0. The molecule has 0 saturated carbocycles. The Morgan fingerprint density at radius 3 is 1.57 bits per heavy atom. The zero-order chi connectivity index (χ0) is 53.2. The molecule has 21 heterocycles. The molecule has 0 aliphatic carbocycles. The highest BCUT2D eigenvalue weighted by molar-refractivity contribution is 9.10. The summed E-state index contributed by atoms with van der Waals surface area (Å²) in [7, 11) is 0. The number of aromatic nitrogens is 7. The minimum Gasteiger partial charge on any atom is -0.487 e. The van der Waals surface area contributed by atoms with E-state index in [-0.39, 0.29) is 37.0 Å². The molecule has 16 aliphatic rings. The summed E-state index contributed by atoms with van der Waals surface area (Å²) in [6, 6.07) is 36.4. The zero-order valence-corrected chi connectivity index (χ0v) is 46.3. The van der Waals surface area contributed by atoms with Crippen LogP contribution in [0.15, 0.2) is 159 Å².